The van der Waals surface area contributed by atoms with E-state index < -0.39 is 0 Å². The predicted octanol–water partition coefficient (Wildman–Crippen LogP) is 3.01. The lowest BCUT2D eigenvalue weighted by atomic mass is 10.1. The number of nitrogens with zero attached hydrogens (tertiary/aromatic N) is 2. The van der Waals surface area contributed by atoms with E-state index >= 15 is 0 Å². The fourth-order valence-electron chi connectivity index (χ4n) is 3.13. The molecule has 0 spiro atoms. The molecule has 1 saturated heterocycles. The highest BCUT2D eigenvalue weighted by Gasteiger charge is 2.21. The van der Waals surface area contributed by atoms with Gasteiger partial charge in [0, 0.05) is 38.7 Å². The number of anilines is 1. The predicted molar refractivity (Wildman–Crippen MR) is 91.3 cm³/mol. The van der Waals surface area contributed by atoms with Gasteiger partial charge in [-0.05, 0) is 43.5 Å². The van der Waals surface area contributed by atoms with Gasteiger partial charge in [-0.2, -0.15) is 0 Å². The molecule has 1 unspecified atom stereocenters. The van der Waals surface area contributed by atoms with E-state index in [1.807, 2.05) is 12.1 Å². The van der Waals surface area contributed by atoms with Crippen LogP contribution in [0, 0.1) is 5.92 Å². The molecule has 3 rings (SSSR count). The van der Waals surface area contributed by atoms with Gasteiger partial charge < -0.3 is 15.0 Å². The van der Waals surface area contributed by atoms with Crippen molar-refractivity contribution in [3.63, 3.8) is 0 Å². The lowest BCUT2D eigenvalue weighted by Gasteiger charge is -2.16. The molecule has 118 valence electrons. The first-order valence-corrected chi connectivity index (χ1v) is 8.16. The number of benzene rings is 1. The van der Waals surface area contributed by atoms with Crippen LogP contribution in [0.2, 0.25) is 0 Å². The number of likely N-dealkylation sites (tertiary alicyclic amines) is 1. The monoisotopic (exact) mass is 299 g/mol. The highest BCUT2D eigenvalue weighted by Crippen LogP contribution is 2.18. The maximum atomic E-state index is 5.12. The molecule has 4 nitrogen and oxygen atoms in total. The minimum Gasteiger partial charge on any atom is -0.385 e. The average Bonchev–Trinajstić information content (AvgIpc) is 3.01. The van der Waals surface area contributed by atoms with E-state index in [1.165, 1.54) is 24.9 Å². The SMILES string of the molecule is COCCCN1CCC(CNc2ccc3ccccc3n2)C1. The summed E-state index contributed by atoms with van der Waals surface area (Å²) < 4.78 is 5.12. The highest BCUT2D eigenvalue weighted by atomic mass is 16.5. The van der Waals surface area contributed by atoms with Crippen molar-refractivity contribution in [3.05, 3.63) is 36.4 Å². The maximum Gasteiger partial charge on any atom is 0.126 e. The standard InChI is InChI=1S/C18H25N3O/c1-22-12-4-10-21-11-9-15(14-21)13-19-18-8-7-16-5-2-3-6-17(16)20-18/h2-3,5-8,15H,4,9-14H2,1H3,(H,19,20). The summed E-state index contributed by atoms with van der Waals surface area (Å²) in [6.07, 6.45) is 2.40. The van der Waals surface area contributed by atoms with E-state index in [0.717, 1.165) is 43.4 Å². The Morgan fingerprint density at radius 3 is 3.09 bits per heavy atom. The summed E-state index contributed by atoms with van der Waals surface area (Å²) in [5, 5.41) is 4.70. The Balaban J connectivity index is 1.48. The molecule has 0 bridgehead atoms. The second kappa shape index (κ2) is 7.56. The Hall–Kier alpha value is -1.65. The summed E-state index contributed by atoms with van der Waals surface area (Å²) in [4.78, 5) is 7.22. The molecule has 0 saturated carbocycles. The molecule has 1 atom stereocenters. The van der Waals surface area contributed by atoms with Gasteiger partial charge in [-0.3, -0.25) is 0 Å². The second-order valence-electron chi connectivity index (χ2n) is 6.07. The van der Waals surface area contributed by atoms with E-state index in [-0.39, 0.29) is 0 Å². The zero-order chi connectivity index (χ0) is 15.2. The molecule has 22 heavy (non-hydrogen) atoms. The van der Waals surface area contributed by atoms with Crippen LogP contribution in [0.25, 0.3) is 10.9 Å². The van der Waals surface area contributed by atoms with Gasteiger partial charge in [-0.15, -0.1) is 0 Å². The molecule has 2 heterocycles. The van der Waals surface area contributed by atoms with E-state index in [2.05, 4.69) is 39.5 Å². The van der Waals surface area contributed by atoms with Gasteiger partial charge in [-0.25, -0.2) is 4.98 Å². The van der Waals surface area contributed by atoms with Gasteiger partial charge in [0.25, 0.3) is 0 Å². The van der Waals surface area contributed by atoms with E-state index in [9.17, 15) is 0 Å². The molecular weight excluding hydrogens is 274 g/mol. The van der Waals surface area contributed by atoms with Crippen LogP contribution in [-0.2, 0) is 4.74 Å². The van der Waals surface area contributed by atoms with Crippen molar-refractivity contribution in [1.82, 2.24) is 9.88 Å². The third-order valence-electron chi connectivity index (χ3n) is 4.36. The molecule has 1 aromatic carbocycles. The van der Waals surface area contributed by atoms with Gasteiger partial charge in [0.05, 0.1) is 5.52 Å². The van der Waals surface area contributed by atoms with Crippen LogP contribution in [0.5, 0.6) is 0 Å². The minimum absolute atomic E-state index is 0.718. The van der Waals surface area contributed by atoms with Crippen molar-refractivity contribution in [2.45, 2.75) is 12.8 Å². The first-order chi connectivity index (χ1) is 10.8. The van der Waals surface area contributed by atoms with Gasteiger partial charge >= 0.3 is 0 Å². The fourth-order valence-corrected chi connectivity index (χ4v) is 3.13. The number of hydrogen-bond acceptors (Lipinski definition) is 4. The molecule has 4 heteroatoms. The van der Waals surface area contributed by atoms with Crippen LogP contribution in [0.4, 0.5) is 5.82 Å². The molecule has 0 amide bonds. The number of fused-ring (bicyclic) bond motifs is 1. The van der Waals surface area contributed by atoms with Crippen molar-refractivity contribution in [2.24, 2.45) is 5.92 Å². The third-order valence-corrected chi connectivity index (χ3v) is 4.36. The zero-order valence-corrected chi connectivity index (χ0v) is 13.3. The molecule has 1 aromatic heterocycles. The number of para-hydroxylation sites is 1. The van der Waals surface area contributed by atoms with Crippen molar-refractivity contribution in [3.8, 4) is 0 Å². The summed E-state index contributed by atoms with van der Waals surface area (Å²) in [6.45, 7) is 5.41. The topological polar surface area (TPSA) is 37.4 Å². The van der Waals surface area contributed by atoms with Crippen LogP contribution in [-0.4, -0.2) is 49.8 Å². The number of rotatable bonds is 7. The van der Waals surface area contributed by atoms with E-state index in [4.69, 9.17) is 4.74 Å². The summed E-state index contributed by atoms with van der Waals surface area (Å²) in [5.74, 6) is 1.70. The van der Waals surface area contributed by atoms with E-state index in [0.29, 0.717) is 0 Å². The average molecular weight is 299 g/mol. The summed E-state index contributed by atoms with van der Waals surface area (Å²) in [7, 11) is 1.77. The molecule has 0 radical (unpaired) electrons. The van der Waals surface area contributed by atoms with E-state index in [1.54, 1.807) is 7.11 Å². The highest BCUT2D eigenvalue weighted by molar-refractivity contribution is 5.79. The molecule has 1 fully saturated rings. The quantitative estimate of drug-likeness (QED) is 0.798. The van der Waals surface area contributed by atoms with Gasteiger partial charge in [0.2, 0.25) is 0 Å². The minimum atomic E-state index is 0.718. The van der Waals surface area contributed by atoms with Crippen molar-refractivity contribution >= 4 is 16.7 Å². The number of ether oxygens (including phenoxy) is 1. The van der Waals surface area contributed by atoms with Crippen molar-refractivity contribution in [1.29, 1.82) is 0 Å². The second-order valence-corrected chi connectivity index (χ2v) is 6.07. The summed E-state index contributed by atoms with van der Waals surface area (Å²) in [5.41, 5.74) is 1.06. The molecule has 0 aliphatic carbocycles. The number of hydrogen-bond donors (Lipinski definition) is 1. The normalized spacial score (nSPS) is 18.9. The molecule has 1 N–H and O–H groups in total. The van der Waals surface area contributed by atoms with Crippen LogP contribution < -0.4 is 5.32 Å². The number of pyridine rings is 1. The first kappa shape index (κ1) is 15.3. The van der Waals surface area contributed by atoms with Crippen LogP contribution in [0.3, 0.4) is 0 Å². The van der Waals surface area contributed by atoms with Gasteiger partial charge in [0.1, 0.15) is 5.82 Å². The van der Waals surface area contributed by atoms with Crippen LogP contribution >= 0.6 is 0 Å². The Bertz CT molecular complexity index is 602. The number of nitrogens with one attached hydrogen (secondary N) is 1. The summed E-state index contributed by atoms with van der Waals surface area (Å²) in [6, 6.07) is 12.5. The zero-order valence-electron chi connectivity index (χ0n) is 13.3. The smallest absolute Gasteiger partial charge is 0.126 e. The Morgan fingerprint density at radius 1 is 1.27 bits per heavy atom. The van der Waals surface area contributed by atoms with Crippen molar-refractivity contribution in [2.75, 3.05) is 45.2 Å². The summed E-state index contributed by atoms with van der Waals surface area (Å²) >= 11 is 0. The Labute approximate surface area is 132 Å². The number of methoxy groups -OCH3 is 1. The molecule has 1 aliphatic heterocycles. The van der Waals surface area contributed by atoms with Crippen molar-refractivity contribution < 1.29 is 4.74 Å². The molecule has 1 aliphatic rings. The fraction of sp³-hybridized carbons (Fsp3) is 0.500. The largest absolute Gasteiger partial charge is 0.385 e. The lowest BCUT2D eigenvalue weighted by molar-refractivity contribution is 0.178. The van der Waals surface area contributed by atoms with Gasteiger partial charge in [0.15, 0.2) is 0 Å². The molecular formula is C18H25N3O. The van der Waals surface area contributed by atoms with Gasteiger partial charge in [-0.1, -0.05) is 18.2 Å². The third kappa shape index (κ3) is 3.96. The first-order valence-electron chi connectivity index (χ1n) is 8.16. The maximum absolute atomic E-state index is 5.12. The Kier molecular flexibility index (Phi) is 5.24. The van der Waals surface area contributed by atoms with Crippen LogP contribution in [0.1, 0.15) is 12.8 Å². The van der Waals surface area contributed by atoms with Crippen LogP contribution in [0.15, 0.2) is 36.4 Å². The molecule has 2 aromatic rings. The lowest BCUT2D eigenvalue weighted by Crippen LogP contribution is -2.24. The number of aromatic nitrogens is 1. The Morgan fingerprint density at radius 2 is 2.18 bits per heavy atom.